The average Bonchev–Trinajstić information content (AvgIpc) is 2.73. The molecule has 7 heteroatoms. The molecule has 2 rings (SSSR count). The summed E-state index contributed by atoms with van der Waals surface area (Å²) in [5.41, 5.74) is -0.0263. The van der Waals surface area contributed by atoms with Crippen LogP contribution in [0.25, 0.3) is 0 Å². The summed E-state index contributed by atoms with van der Waals surface area (Å²) >= 11 is 4.67. The number of aromatic amines is 1. The van der Waals surface area contributed by atoms with Gasteiger partial charge in [0.1, 0.15) is 5.82 Å². The highest BCUT2D eigenvalue weighted by Crippen LogP contribution is 2.06. The molecule has 0 aliphatic heterocycles. The Morgan fingerprint density at radius 3 is 2.94 bits per heavy atom. The average molecular weight is 253 g/mol. The van der Waals surface area contributed by atoms with E-state index in [4.69, 9.17) is 4.42 Å². The summed E-state index contributed by atoms with van der Waals surface area (Å²) in [6.45, 7) is 0.0420. The number of hydrogen-bond donors (Lipinski definition) is 2. The van der Waals surface area contributed by atoms with Crippen LogP contribution in [0.3, 0.4) is 0 Å². The molecule has 0 saturated carbocycles. The zero-order valence-electron chi connectivity index (χ0n) is 8.57. The van der Waals surface area contributed by atoms with Crippen LogP contribution in [-0.4, -0.2) is 16.1 Å². The third-order valence-corrected chi connectivity index (χ3v) is 2.18. The Morgan fingerprint density at radius 1 is 1.53 bits per heavy atom. The highest BCUT2D eigenvalue weighted by Gasteiger charge is 2.11. The van der Waals surface area contributed by atoms with E-state index in [1.165, 1.54) is 18.2 Å². The molecule has 1 aromatic carbocycles. The minimum Gasteiger partial charge on any atom is -0.412 e. The van der Waals surface area contributed by atoms with E-state index in [0.717, 1.165) is 0 Å². The van der Waals surface area contributed by atoms with Gasteiger partial charge in [-0.05, 0) is 24.4 Å². The molecule has 0 fully saturated rings. The summed E-state index contributed by atoms with van der Waals surface area (Å²) in [7, 11) is 0. The SMILES string of the molecule is O=C(NCc1n[nH]c(=S)o1)c1ccccc1F. The summed E-state index contributed by atoms with van der Waals surface area (Å²) < 4.78 is 18.2. The Bertz CT molecular complexity index is 593. The van der Waals surface area contributed by atoms with E-state index in [9.17, 15) is 9.18 Å². The second-order valence-electron chi connectivity index (χ2n) is 3.17. The molecule has 0 saturated heterocycles. The van der Waals surface area contributed by atoms with Gasteiger partial charge in [0.25, 0.3) is 10.7 Å². The van der Waals surface area contributed by atoms with E-state index < -0.39 is 11.7 Å². The van der Waals surface area contributed by atoms with Gasteiger partial charge in [-0.3, -0.25) is 4.79 Å². The molecular weight excluding hydrogens is 245 g/mol. The molecular formula is C10H8FN3O2S. The molecule has 17 heavy (non-hydrogen) atoms. The number of carbonyl (C=O) groups excluding carboxylic acids is 1. The lowest BCUT2D eigenvalue weighted by Gasteiger charge is -2.02. The van der Waals surface area contributed by atoms with Gasteiger partial charge in [-0.15, -0.1) is 5.10 Å². The van der Waals surface area contributed by atoms with Gasteiger partial charge >= 0.3 is 0 Å². The molecule has 0 aliphatic rings. The molecule has 1 amide bonds. The summed E-state index contributed by atoms with van der Waals surface area (Å²) in [5.74, 6) is -0.875. The van der Waals surface area contributed by atoms with Crippen LogP contribution in [0.15, 0.2) is 28.7 Å². The molecule has 0 aliphatic carbocycles. The molecule has 0 bridgehead atoms. The van der Waals surface area contributed by atoms with Gasteiger partial charge in [-0.1, -0.05) is 12.1 Å². The van der Waals surface area contributed by atoms with Crippen LogP contribution in [0, 0.1) is 10.7 Å². The van der Waals surface area contributed by atoms with Gasteiger partial charge in [-0.25, -0.2) is 9.49 Å². The third kappa shape index (κ3) is 2.76. The van der Waals surface area contributed by atoms with Crippen LogP contribution < -0.4 is 5.32 Å². The van der Waals surface area contributed by atoms with Crippen molar-refractivity contribution in [1.29, 1.82) is 0 Å². The van der Waals surface area contributed by atoms with Gasteiger partial charge in [0, 0.05) is 0 Å². The number of nitrogens with zero attached hydrogens (tertiary/aromatic N) is 1. The molecule has 5 nitrogen and oxygen atoms in total. The largest absolute Gasteiger partial charge is 0.412 e. The second kappa shape index (κ2) is 4.88. The van der Waals surface area contributed by atoms with Gasteiger partial charge in [0.2, 0.25) is 5.89 Å². The first kappa shape index (κ1) is 11.5. The molecule has 2 N–H and O–H groups in total. The van der Waals surface area contributed by atoms with Crippen molar-refractivity contribution in [3.05, 3.63) is 46.4 Å². The standard InChI is InChI=1S/C10H8FN3O2S/c11-7-4-2-1-3-6(7)9(15)12-5-8-13-14-10(17)16-8/h1-4H,5H2,(H,12,15)(H,14,17). The molecule has 0 unspecified atom stereocenters. The van der Waals surface area contributed by atoms with Crippen LogP contribution in [0.1, 0.15) is 16.2 Å². The third-order valence-electron chi connectivity index (χ3n) is 2.00. The lowest BCUT2D eigenvalue weighted by Crippen LogP contribution is -2.23. The van der Waals surface area contributed by atoms with Crippen LogP contribution in [-0.2, 0) is 6.54 Å². The first-order chi connectivity index (χ1) is 8.16. The summed E-state index contributed by atoms with van der Waals surface area (Å²) in [6, 6.07) is 5.71. The van der Waals surface area contributed by atoms with Crippen LogP contribution >= 0.6 is 12.2 Å². The van der Waals surface area contributed by atoms with E-state index in [-0.39, 0.29) is 22.8 Å². The lowest BCUT2D eigenvalue weighted by molar-refractivity contribution is 0.0943. The zero-order valence-corrected chi connectivity index (χ0v) is 9.38. The Morgan fingerprint density at radius 2 is 2.29 bits per heavy atom. The Hall–Kier alpha value is -2.02. The van der Waals surface area contributed by atoms with Crippen LogP contribution in [0.5, 0.6) is 0 Å². The van der Waals surface area contributed by atoms with E-state index >= 15 is 0 Å². The number of carbonyl (C=O) groups is 1. The highest BCUT2D eigenvalue weighted by molar-refractivity contribution is 7.71. The maximum absolute atomic E-state index is 13.2. The molecule has 0 radical (unpaired) electrons. The fourth-order valence-electron chi connectivity index (χ4n) is 1.23. The fraction of sp³-hybridized carbons (Fsp3) is 0.100. The highest BCUT2D eigenvalue weighted by atomic mass is 32.1. The van der Waals surface area contributed by atoms with Crippen LogP contribution in [0.4, 0.5) is 4.39 Å². The van der Waals surface area contributed by atoms with Crippen LogP contribution in [0.2, 0.25) is 0 Å². The lowest BCUT2D eigenvalue weighted by atomic mass is 10.2. The zero-order chi connectivity index (χ0) is 12.3. The maximum atomic E-state index is 13.2. The number of halogens is 1. The molecule has 0 spiro atoms. The number of hydrogen-bond acceptors (Lipinski definition) is 4. The van der Waals surface area contributed by atoms with E-state index in [1.54, 1.807) is 6.07 Å². The number of aromatic nitrogens is 2. The van der Waals surface area contributed by atoms with Gasteiger partial charge < -0.3 is 9.73 Å². The number of nitrogens with one attached hydrogen (secondary N) is 2. The maximum Gasteiger partial charge on any atom is 0.284 e. The Kier molecular flexibility index (Phi) is 3.29. The molecule has 2 aromatic rings. The molecule has 1 aromatic heterocycles. The van der Waals surface area contributed by atoms with Gasteiger partial charge in [-0.2, -0.15) is 0 Å². The van der Waals surface area contributed by atoms with E-state index in [2.05, 4.69) is 27.7 Å². The number of rotatable bonds is 3. The Labute approximate surface area is 101 Å². The van der Waals surface area contributed by atoms with Crippen molar-refractivity contribution in [3.8, 4) is 0 Å². The number of benzene rings is 1. The summed E-state index contributed by atoms with van der Waals surface area (Å²) in [6.07, 6.45) is 0. The number of H-pyrrole nitrogens is 1. The van der Waals surface area contributed by atoms with Crippen molar-refractivity contribution in [3.63, 3.8) is 0 Å². The van der Waals surface area contributed by atoms with E-state index in [0.29, 0.717) is 0 Å². The normalized spacial score (nSPS) is 10.2. The second-order valence-corrected chi connectivity index (χ2v) is 3.54. The molecule has 0 atom stereocenters. The summed E-state index contributed by atoms with van der Waals surface area (Å²) in [5, 5.41) is 8.58. The quantitative estimate of drug-likeness (QED) is 0.818. The van der Waals surface area contributed by atoms with Gasteiger partial charge in [0.05, 0.1) is 12.1 Å². The van der Waals surface area contributed by atoms with Crippen molar-refractivity contribution in [2.24, 2.45) is 0 Å². The predicted octanol–water partition coefficient (Wildman–Crippen LogP) is 1.80. The topological polar surface area (TPSA) is 70.9 Å². The van der Waals surface area contributed by atoms with Gasteiger partial charge in [0.15, 0.2) is 0 Å². The van der Waals surface area contributed by atoms with Crippen molar-refractivity contribution < 1.29 is 13.6 Å². The minimum absolute atomic E-state index is 0.0263. The summed E-state index contributed by atoms with van der Waals surface area (Å²) in [4.78, 5) is 11.7. The van der Waals surface area contributed by atoms with E-state index in [1.807, 2.05) is 0 Å². The predicted molar refractivity (Wildman–Crippen MR) is 59.3 cm³/mol. The minimum atomic E-state index is -0.576. The fourth-order valence-corrected chi connectivity index (χ4v) is 1.37. The smallest absolute Gasteiger partial charge is 0.284 e. The van der Waals surface area contributed by atoms with Crippen molar-refractivity contribution in [2.45, 2.75) is 6.54 Å². The first-order valence-corrected chi connectivity index (χ1v) is 5.15. The molecule has 1 heterocycles. The number of amides is 1. The molecule has 88 valence electrons. The van der Waals surface area contributed by atoms with Crippen molar-refractivity contribution in [2.75, 3.05) is 0 Å². The first-order valence-electron chi connectivity index (χ1n) is 4.74. The monoisotopic (exact) mass is 253 g/mol. The van der Waals surface area contributed by atoms with Crippen molar-refractivity contribution >= 4 is 18.1 Å². The Balaban J connectivity index is 2.03. The van der Waals surface area contributed by atoms with Crippen molar-refractivity contribution in [1.82, 2.24) is 15.5 Å².